The van der Waals surface area contributed by atoms with Gasteiger partial charge < -0.3 is 4.42 Å². The van der Waals surface area contributed by atoms with Crippen molar-refractivity contribution in [2.75, 3.05) is 0 Å². The molecular weight excluding hydrogens is 266 g/mol. The zero-order valence-electron chi connectivity index (χ0n) is 9.62. The minimum atomic E-state index is 0.176. The van der Waals surface area contributed by atoms with Gasteiger partial charge in [0.25, 0.3) is 0 Å². The molecule has 0 spiro atoms. The quantitative estimate of drug-likeness (QED) is 0.773. The summed E-state index contributed by atoms with van der Waals surface area (Å²) in [6, 6.07) is 8.32. The predicted octanol–water partition coefficient (Wildman–Crippen LogP) is 4.40. The first-order chi connectivity index (χ1) is 7.47. The fourth-order valence-electron chi connectivity index (χ4n) is 1.50. The van der Waals surface area contributed by atoms with Gasteiger partial charge in [0.05, 0.1) is 6.20 Å². The molecule has 0 bridgehead atoms. The van der Waals surface area contributed by atoms with Crippen molar-refractivity contribution in [3.8, 4) is 11.5 Å². The second-order valence-electron chi connectivity index (χ2n) is 4.80. The van der Waals surface area contributed by atoms with Gasteiger partial charge >= 0.3 is 0 Å². The lowest BCUT2D eigenvalue weighted by Crippen LogP contribution is -2.10. The molecule has 1 aromatic heterocycles. The molecule has 0 atom stereocenters. The number of aromatic nitrogens is 1. The molecule has 0 radical (unpaired) electrons. The first-order valence-electron chi connectivity index (χ1n) is 5.19. The van der Waals surface area contributed by atoms with Gasteiger partial charge in [0.1, 0.15) is 0 Å². The summed E-state index contributed by atoms with van der Waals surface area (Å²) in [5, 5.41) is 0. The van der Waals surface area contributed by atoms with Crippen LogP contribution in [0.4, 0.5) is 0 Å². The number of hydrogen-bond donors (Lipinski definition) is 0. The van der Waals surface area contributed by atoms with Gasteiger partial charge in [-0.05, 0) is 39.0 Å². The second kappa shape index (κ2) is 4.06. The Morgan fingerprint density at radius 1 is 1.12 bits per heavy atom. The van der Waals surface area contributed by atoms with E-state index in [0.717, 1.165) is 5.56 Å². The summed E-state index contributed by atoms with van der Waals surface area (Å²) in [7, 11) is 0. The third-order valence-electron chi connectivity index (χ3n) is 2.48. The number of rotatable bonds is 1. The molecule has 0 aliphatic carbocycles. The van der Waals surface area contributed by atoms with Gasteiger partial charge in [-0.3, -0.25) is 0 Å². The van der Waals surface area contributed by atoms with E-state index < -0.39 is 0 Å². The molecule has 2 aromatic rings. The number of hydrogen-bond acceptors (Lipinski definition) is 2. The lowest BCUT2D eigenvalue weighted by atomic mass is 9.87. The average Bonchev–Trinajstić information content (AvgIpc) is 2.64. The van der Waals surface area contributed by atoms with Crippen molar-refractivity contribution in [1.82, 2.24) is 4.98 Å². The molecule has 0 fully saturated rings. The fraction of sp³-hybridized carbons (Fsp3) is 0.308. The topological polar surface area (TPSA) is 26.0 Å². The van der Waals surface area contributed by atoms with E-state index in [0.29, 0.717) is 10.6 Å². The monoisotopic (exact) mass is 279 g/mol. The van der Waals surface area contributed by atoms with Crippen molar-refractivity contribution >= 4 is 15.9 Å². The first-order valence-corrected chi connectivity index (χ1v) is 5.98. The lowest BCUT2D eigenvalue weighted by Gasteiger charge is -2.18. The van der Waals surface area contributed by atoms with Crippen LogP contribution in [0, 0.1) is 0 Å². The molecule has 0 amide bonds. The second-order valence-corrected chi connectivity index (χ2v) is 5.58. The SMILES string of the molecule is CC(C)(C)c1ccc(-c2ncc(Br)o2)cc1. The molecule has 0 saturated heterocycles. The zero-order chi connectivity index (χ0) is 11.8. The van der Waals surface area contributed by atoms with Crippen molar-refractivity contribution < 1.29 is 4.42 Å². The summed E-state index contributed by atoms with van der Waals surface area (Å²) in [6.07, 6.45) is 1.66. The number of benzene rings is 1. The summed E-state index contributed by atoms with van der Waals surface area (Å²) in [5.74, 6) is 0.646. The highest BCUT2D eigenvalue weighted by molar-refractivity contribution is 9.10. The molecule has 0 unspecified atom stereocenters. The Kier molecular flexibility index (Phi) is 2.89. The Morgan fingerprint density at radius 2 is 1.75 bits per heavy atom. The lowest BCUT2D eigenvalue weighted by molar-refractivity contribution is 0.549. The summed E-state index contributed by atoms with van der Waals surface area (Å²) >= 11 is 3.25. The smallest absolute Gasteiger partial charge is 0.227 e. The van der Waals surface area contributed by atoms with Crippen LogP contribution >= 0.6 is 15.9 Å². The maximum Gasteiger partial charge on any atom is 0.227 e. The van der Waals surface area contributed by atoms with Gasteiger partial charge in [0.2, 0.25) is 5.89 Å². The highest BCUT2D eigenvalue weighted by Crippen LogP contribution is 2.26. The fourth-order valence-corrected chi connectivity index (χ4v) is 1.76. The number of halogens is 1. The highest BCUT2D eigenvalue weighted by Gasteiger charge is 2.13. The van der Waals surface area contributed by atoms with Gasteiger partial charge in [-0.25, -0.2) is 4.98 Å². The molecule has 1 aromatic carbocycles. The Bertz CT molecular complexity index is 479. The third-order valence-corrected chi connectivity index (χ3v) is 2.84. The summed E-state index contributed by atoms with van der Waals surface area (Å²) in [4.78, 5) is 4.16. The number of oxazole rings is 1. The van der Waals surface area contributed by atoms with Gasteiger partial charge in [0.15, 0.2) is 4.67 Å². The maximum absolute atomic E-state index is 5.40. The average molecular weight is 280 g/mol. The summed E-state index contributed by atoms with van der Waals surface area (Å²) in [6.45, 7) is 6.59. The van der Waals surface area contributed by atoms with E-state index >= 15 is 0 Å². The molecule has 16 heavy (non-hydrogen) atoms. The van der Waals surface area contributed by atoms with Crippen molar-refractivity contribution in [2.45, 2.75) is 26.2 Å². The Balaban J connectivity index is 2.33. The number of nitrogens with zero attached hydrogens (tertiary/aromatic N) is 1. The third kappa shape index (κ3) is 2.35. The molecule has 3 heteroatoms. The van der Waals surface area contributed by atoms with Gasteiger partial charge in [-0.1, -0.05) is 32.9 Å². The van der Waals surface area contributed by atoms with Crippen molar-refractivity contribution in [2.24, 2.45) is 0 Å². The molecule has 0 N–H and O–H groups in total. The van der Waals surface area contributed by atoms with E-state index in [1.807, 2.05) is 12.1 Å². The van der Waals surface area contributed by atoms with Crippen LogP contribution in [0.15, 0.2) is 39.5 Å². The standard InChI is InChI=1S/C13H14BrNO/c1-13(2,3)10-6-4-9(5-7-10)12-15-8-11(14)16-12/h4-8H,1-3H3. The molecular formula is C13H14BrNO. The van der Waals surface area contributed by atoms with E-state index in [4.69, 9.17) is 4.42 Å². The maximum atomic E-state index is 5.40. The molecule has 84 valence electrons. The van der Waals surface area contributed by atoms with Crippen LogP contribution in [-0.4, -0.2) is 4.98 Å². The molecule has 0 saturated carbocycles. The van der Waals surface area contributed by atoms with Gasteiger partial charge in [-0.15, -0.1) is 0 Å². The molecule has 1 heterocycles. The van der Waals surface area contributed by atoms with Crippen LogP contribution in [0.2, 0.25) is 0 Å². The summed E-state index contributed by atoms with van der Waals surface area (Å²) in [5.41, 5.74) is 2.48. The molecule has 2 nitrogen and oxygen atoms in total. The van der Waals surface area contributed by atoms with Crippen LogP contribution in [0.1, 0.15) is 26.3 Å². The van der Waals surface area contributed by atoms with E-state index in [2.05, 4.69) is 53.8 Å². The molecule has 0 aliphatic heterocycles. The van der Waals surface area contributed by atoms with Crippen molar-refractivity contribution in [3.63, 3.8) is 0 Å². The normalized spacial score (nSPS) is 11.8. The van der Waals surface area contributed by atoms with E-state index in [1.54, 1.807) is 6.20 Å². The van der Waals surface area contributed by atoms with Crippen molar-refractivity contribution in [3.05, 3.63) is 40.7 Å². The van der Waals surface area contributed by atoms with Gasteiger partial charge in [-0.2, -0.15) is 0 Å². The van der Waals surface area contributed by atoms with Crippen molar-refractivity contribution in [1.29, 1.82) is 0 Å². The van der Waals surface area contributed by atoms with Crippen LogP contribution in [0.3, 0.4) is 0 Å². The van der Waals surface area contributed by atoms with Crippen LogP contribution in [0.5, 0.6) is 0 Å². The molecule has 0 aliphatic rings. The van der Waals surface area contributed by atoms with E-state index in [-0.39, 0.29) is 5.41 Å². The minimum absolute atomic E-state index is 0.176. The van der Waals surface area contributed by atoms with Crippen LogP contribution < -0.4 is 0 Å². The Hall–Kier alpha value is -1.09. The van der Waals surface area contributed by atoms with E-state index in [1.165, 1.54) is 5.56 Å². The minimum Gasteiger partial charge on any atom is -0.429 e. The largest absolute Gasteiger partial charge is 0.429 e. The van der Waals surface area contributed by atoms with Crippen LogP contribution in [-0.2, 0) is 5.41 Å². The Labute approximate surface area is 104 Å². The van der Waals surface area contributed by atoms with Crippen LogP contribution in [0.25, 0.3) is 11.5 Å². The first kappa shape index (κ1) is 11.4. The zero-order valence-corrected chi connectivity index (χ0v) is 11.2. The molecule has 2 rings (SSSR count). The Morgan fingerprint density at radius 3 is 2.19 bits per heavy atom. The van der Waals surface area contributed by atoms with E-state index in [9.17, 15) is 0 Å². The predicted molar refractivity (Wildman–Crippen MR) is 68.3 cm³/mol. The summed E-state index contributed by atoms with van der Waals surface area (Å²) < 4.78 is 6.06. The van der Waals surface area contributed by atoms with Gasteiger partial charge in [0, 0.05) is 5.56 Å². The highest BCUT2D eigenvalue weighted by atomic mass is 79.9.